The van der Waals surface area contributed by atoms with E-state index in [-0.39, 0.29) is 51.0 Å². The molecule has 1 aromatic heterocycles. The SMILES string of the molecule is CCCCOP(=O)(O)OC[C@H]1CC[C@H](n2ccc(=O)[nH]c2=O)O1.[Ca]. The van der Waals surface area contributed by atoms with Gasteiger partial charge in [0.25, 0.3) is 5.56 Å². The molecule has 9 nitrogen and oxygen atoms in total. The summed E-state index contributed by atoms with van der Waals surface area (Å²) in [6, 6.07) is 1.23. The molecule has 1 aliphatic rings. The van der Waals surface area contributed by atoms with Crippen LogP contribution in [0.4, 0.5) is 0 Å². The van der Waals surface area contributed by atoms with Gasteiger partial charge in [-0.15, -0.1) is 0 Å². The molecule has 11 heteroatoms. The first-order chi connectivity index (χ1) is 10.9. The zero-order valence-corrected chi connectivity index (χ0v) is 16.7. The number of H-pyrrole nitrogens is 1. The molecule has 24 heavy (non-hydrogen) atoms. The average molecular weight is 388 g/mol. The molecule has 2 rings (SSSR count). The normalized spacial score (nSPS) is 22.8. The molecule has 0 aliphatic carbocycles. The molecule has 2 heterocycles. The molecule has 0 aromatic carbocycles. The van der Waals surface area contributed by atoms with E-state index in [2.05, 4.69) is 4.98 Å². The van der Waals surface area contributed by atoms with Gasteiger partial charge in [-0.25, -0.2) is 9.36 Å². The van der Waals surface area contributed by atoms with Crippen LogP contribution in [0.5, 0.6) is 0 Å². The Kier molecular flexibility index (Phi) is 9.40. The van der Waals surface area contributed by atoms with E-state index in [1.54, 1.807) is 0 Å². The smallest absolute Gasteiger partial charge is 0.352 e. The molecule has 0 bridgehead atoms. The fraction of sp³-hybridized carbons (Fsp3) is 0.692. The van der Waals surface area contributed by atoms with Gasteiger partial charge in [0.1, 0.15) is 6.23 Å². The van der Waals surface area contributed by atoms with Crippen molar-refractivity contribution in [3.63, 3.8) is 0 Å². The van der Waals surface area contributed by atoms with Gasteiger partial charge in [-0.1, -0.05) is 13.3 Å². The molecule has 0 saturated carbocycles. The monoisotopic (exact) mass is 388 g/mol. The van der Waals surface area contributed by atoms with Gasteiger partial charge in [0, 0.05) is 50.0 Å². The Morgan fingerprint density at radius 2 is 2.17 bits per heavy atom. The van der Waals surface area contributed by atoms with E-state index in [9.17, 15) is 19.0 Å². The van der Waals surface area contributed by atoms with E-state index in [0.717, 1.165) is 6.42 Å². The maximum absolute atomic E-state index is 11.7. The van der Waals surface area contributed by atoms with Crippen molar-refractivity contribution in [2.24, 2.45) is 0 Å². The summed E-state index contributed by atoms with van der Waals surface area (Å²) < 4.78 is 28.3. The van der Waals surface area contributed by atoms with Crippen LogP contribution in [0.15, 0.2) is 21.9 Å². The molecule has 132 valence electrons. The molecule has 1 saturated heterocycles. The molecule has 1 aliphatic heterocycles. The number of hydrogen-bond acceptors (Lipinski definition) is 6. The van der Waals surface area contributed by atoms with Gasteiger partial charge in [-0.2, -0.15) is 0 Å². The van der Waals surface area contributed by atoms with Gasteiger partial charge >= 0.3 is 13.5 Å². The van der Waals surface area contributed by atoms with Gasteiger partial charge in [-0.05, 0) is 19.3 Å². The summed E-state index contributed by atoms with van der Waals surface area (Å²) in [6.45, 7) is 2.00. The first-order valence-electron chi connectivity index (χ1n) is 7.50. The molecule has 2 N–H and O–H groups in total. The van der Waals surface area contributed by atoms with E-state index in [0.29, 0.717) is 19.3 Å². The number of aromatic nitrogens is 2. The van der Waals surface area contributed by atoms with Crippen molar-refractivity contribution in [2.75, 3.05) is 13.2 Å². The summed E-state index contributed by atoms with van der Waals surface area (Å²) >= 11 is 0. The summed E-state index contributed by atoms with van der Waals surface area (Å²) in [5.74, 6) is 0. The Bertz CT molecular complexity index is 677. The topological polar surface area (TPSA) is 120 Å². The maximum atomic E-state index is 11.7. The quantitative estimate of drug-likeness (QED) is 0.383. The standard InChI is InChI=1S/C13H21N2O7P.Ca/c1-2-3-8-20-23(18,19)21-9-10-4-5-12(22-10)15-7-6-11(16)14-13(15)17;/h6-7,10,12H,2-5,8-9H2,1H3,(H,18,19)(H,14,16,17);/t10-,12-;/m1./s1. The molecule has 1 fully saturated rings. The third-order valence-electron chi connectivity index (χ3n) is 3.42. The van der Waals surface area contributed by atoms with Crippen LogP contribution in [0.2, 0.25) is 0 Å². The van der Waals surface area contributed by atoms with Crippen molar-refractivity contribution in [3.05, 3.63) is 33.1 Å². The summed E-state index contributed by atoms with van der Waals surface area (Å²) in [5, 5.41) is 0. The van der Waals surface area contributed by atoms with Crippen LogP contribution in [0.25, 0.3) is 0 Å². The fourth-order valence-corrected chi connectivity index (χ4v) is 3.00. The van der Waals surface area contributed by atoms with Crippen LogP contribution in [0.3, 0.4) is 0 Å². The number of phosphoric ester groups is 1. The Labute approximate surface area is 168 Å². The van der Waals surface area contributed by atoms with Gasteiger partial charge in [-0.3, -0.25) is 23.4 Å². The second kappa shape index (κ2) is 10.2. The van der Waals surface area contributed by atoms with Gasteiger partial charge in [0.15, 0.2) is 0 Å². The third kappa shape index (κ3) is 6.72. The molecule has 1 aromatic rings. The van der Waals surface area contributed by atoms with Crippen molar-refractivity contribution in [1.29, 1.82) is 0 Å². The molecule has 2 radical (unpaired) electrons. The van der Waals surface area contributed by atoms with Crippen LogP contribution in [-0.4, -0.2) is 71.5 Å². The van der Waals surface area contributed by atoms with Crippen LogP contribution in [0, 0.1) is 0 Å². The fourth-order valence-electron chi connectivity index (χ4n) is 2.21. The van der Waals surface area contributed by atoms with Crippen LogP contribution < -0.4 is 11.2 Å². The zero-order chi connectivity index (χ0) is 16.9. The Balaban J connectivity index is 0.00000288. The number of rotatable bonds is 8. The summed E-state index contributed by atoms with van der Waals surface area (Å²) in [5.41, 5.74) is -1.03. The van der Waals surface area contributed by atoms with Crippen LogP contribution >= 0.6 is 7.82 Å². The van der Waals surface area contributed by atoms with Crippen molar-refractivity contribution in [2.45, 2.75) is 44.9 Å². The van der Waals surface area contributed by atoms with E-state index < -0.39 is 31.4 Å². The van der Waals surface area contributed by atoms with Crippen molar-refractivity contribution < 1.29 is 23.2 Å². The number of aromatic amines is 1. The van der Waals surface area contributed by atoms with Crippen molar-refractivity contribution in [3.8, 4) is 0 Å². The number of phosphoric acid groups is 1. The maximum Gasteiger partial charge on any atom is 0.472 e. The van der Waals surface area contributed by atoms with Gasteiger partial charge < -0.3 is 9.63 Å². The zero-order valence-electron chi connectivity index (χ0n) is 13.6. The third-order valence-corrected chi connectivity index (χ3v) is 4.41. The summed E-state index contributed by atoms with van der Waals surface area (Å²) in [7, 11) is -4.08. The number of nitrogens with one attached hydrogen (secondary N) is 1. The molecule has 3 atom stereocenters. The van der Waals surface area contributed by atoms with E-state index in [1.807, 2.05) is 6.92 Å². The largest absolute Gasteiger partial charge is 0.472 e. The van der Waals surface area contributed by atoms with Gasteiger partial charge in [0.05, 0.1) is 19.3 Å². The van der Waals surface area contributed by atoms with Gasteiger partial charge in [0.2, 0.25) is 0 Å². The molecule has 0 amide bonds. The predicted octanol–water partition coefficient (Wildman–Crippen LogP) is 0.767. The number of ether oxygens (including phenoxy) is 1. The van der Waals surface area contributed by atoms with Crippen LogP contribution in [0.1, 0.15) is 38.8 Å². The summed E-state index contributed by atoms with van der Waals surface area (Å²) in [6.07, 6.45) is 3.02. The average Bonchev–Trinajstić information content (AvgIpc) is 2.94. The molecular formula is C13H21CaN2O7P. The minimum absolute atomic E-state index is 0. The van der Waals surface area contributed by atoms with E-state index in [4.69, 9.17) is 13.8 Å². The van der Waals surface area contributed by atoms with Crippen molar-refractivity contribution in [1.82, 2.24) is 9.55 Å². The Hall–Kier alpha value is 0.00974. The molecule has 0 spiro atoms. The number of unbranched alkanes of at least 4 members (excludes halogenated alkanes) is 1. The first-order valence-corrected chi connectivity index (χ1v) is 8.99. The minimum Gasteiger partial charge on any atom is -0.352 e. The Morgan fingerprint density at radius 1 is 1.42 bits per heavy atom. The number of hydrogen-bond donors (Lipinski definition) is 2. The second-order valence-corrected chi connectivity index (χ2v) is 6.71. The predicted molar refractivity (Wildman–Crippen MR) is 86.9 cm³/mol. The summed E-state index contributed by atoms with van der Waals surface area (Å²) in [4.78, 5) is 34.4. The Morgan fingerprint density at radius 3 is 2.83 bits per heavy atom. The molecular weight excluding hydrogens is 367 g/mol. The van der Waals surface area contributed by atoms with Crippen molar-refractivity contribution >= 4 is 45.6 Å². The minimum atomic E-state index is -4.08. The van der Waals surface area contributed by atoms with E-state index in [1.165, 1.54) is 16.8 Å². The van der Waals surface area contributed by atoms with E-state index >= 15 is 0 Å². The second-order valence-electron chi connectivity index (χ2n) is 5.26. The van der Waals surface area contributed by atoms with Crippen LogP contribution in [-0.2, 0) is 18.3 Å². The number of nitrogens with zero attached hydrogens (tertiary/aromatic N) is 1. The molecule has 1 unspecified atom stereocenters. The first kappa shape index (κ1) is 22.1.